The van der Waals surface area contributed by atoms with E-state index in [-0.39, 0.29) is 11.4 Å². The first kappa shape index (κ1) is 23.9. The highest BCUT2D eigenvalue weighted by Crippen LogP contribution is 2.39. The molecule has 0 aliphatic carbocycles. The zero-order chi connectivity index (χ0) is 24.5. The molecule has 0 aliphatic rings. The molecule has 1 aromatic carbocycles. The number of anilines is 1. The van der Waals surface area contributed by atoms with Crippen molar-refractivity contribution in [3.8, 4) is 22.8 Å². The minimum Gasteiger partial charge on any atom is -0.450 e. The lowest BCUT2D eigenvalue weighted by Gasteiger charge is -2.15. The lowest BCUT2D eigenvalue weighted by atomic mass is 10.1. The topological polar surface area (TPSA) is 80.1 Å². The summed E-state index contributed by atoms with van der Waals surface area (Å²) in [6.45, 7) is 10.5. The summed E-state index contributed by atoms with van der Waals surface area (Å²) in [6, 6.07) is 6.57. The summed E-state index contributed by atoms with van der Waals surface area (Å²) in [4.78, 5) is 4.53. The number of ether oxygens (including phenoxy) is 2. The van der Waals surface area contributed by atoms with E-state index in [0.29, 0.717) is 30.9 Å². The van der Waals surface area contributed by atoms with Gasteiger partial charge in [0.2, 0.25) is 0 Å². The number of benzene rings is 1. The molecule has 0 atom stereocenters. The summed E-state index contributed by atoms with van der Waals surface area (Å²) < 4.78 is 44.5. The highest BCUT2D eigenvalue weighted by molar-refractivity contribution is 6.76. The van der Waals surface area contributed by atoms with E-state index in [1.807, 2.05) is 28.4 Å². The predicted octanol–water partition coefficient (Wildman–Crippen LogP) is 5.88. The van der Waals surface area contributed by atoms with Crippen molar-refractivity contribution in [3.05, 3.63) is 54.5 Å². The van der Waals surface area contributed by atoms with Gasteiger partial charge in [0.05, 0.1) is 11.1 Å². The smallest absolute Gasteiger partial charge is 0.198 e. The van der Waals surface area contributed by atoms with E-state index >= 15 is 0 Å². The molecule has 3 heterocycles. The minimum atomic E-state index is -1.23. The largest absolute Gasteiger partial charge is 0.450 e. The first-order valence-corrected chi connectivity index (χ1v) is 14.9. The molecule has 0 saturated carbocycles. The van der Waals surface area contributed by atoms with Crippen molar-refractivity contribution in [2.75, 3.05) is 12.3 Å². The van der Waals surface area contributed by atoms with E-state index in [1.54, 1.807) is 18.5 Å². The number of rotatable bonds is 9. The van der Waals surface area contributed by atoms with Crippen molar-refractivity contribution in [3.63, 3.8) is 0 Å². The summed E-state index contributed by atoms with van der Waals surface area (Å²) in [5, 5.41) is 4.98. The Bertz CT molecular complexity index is 1290. The molecule has 2 N–H and O–H groups in total. The normalized spacial score (nSPS) is 11.9. The number of fused-ring (bicyclic) bond motifs is 1. The van der Waals surface area contributed by atoms with Gasteiger partial charge >= 0.3 is 0 Å². The first-order chi connectivity index (χ1) is 16.2. The molecule has 0 amide bonds. The number of aromatic nitrogens is 4. The number of hydrogen-bond acceptors (Lipinski definition) is 5. The van der Waals surface area contributed by atoms with Crippen molar-refractivity contribution in [2.45, 2.75) is 45.9 Å². The van der Waals surface area contributed by atoms with Gasteiger partial charge in [0.1, 0.15) is 18.1 Å². The second-order valence-electron chi connectivity index (χ2n) is 9.32. The Hall–Kier alpha value is -3.24. The fourth-order valence-electron chi connectivity index (χ4n) is 3.71. The second-order valence-corrected chi connectivity index (χ2v) is 14.9. The van der Waals surface area contributed by atoms with Crippen molar-refractivity contribution in [2.24, 2.45) is 0 Å². The van der Waals surface area contributed by atoms with E-state index in [4.69, 9.17) is 15.2 Å². The number of halogens is 2. The summed E-state index contributed by atoms with van der Waals surface area (Å²) >= 11 is 0. The molecule has 3 aromatic heterocycles. The quantitative estimate of drug-likeness (QED) is 0.182. The van der Waals surface area contributed by atoms with Crippen molar-refractivity contribution in [1.29, 1.82) is 0 Å². The SMILES string of the molecule is CCn1nccc1-c1cn(COCC[Si](C)(C)C)c2nccc(Oc3c(F)cc(N)cc3F)c12. The predicted molar refractivity (Wildman–Crippen MR) is 132 cm³/mol. The molecule has 10 heteroatoms. The van der Waals surface area contributed by atoms with Crippen LogP contribution in [0.25, 0.3) is 22.3 Å². The maximum atomic E-state index is 14.5. The average Bonchev–Trinajstić information content (AvgIpc) is 3.37. The Morgan fingerprint density at radius 1 is 1.09 bits per heavy atom. The number of nitrogens with two attached hydrogens (primary N) is 1. The molecule has 7 nitrogen and oxygen atoms in total. The first-order valence-electron chi connectivity index (χ1n) is 11.2. The molecule has 0 fully saturated rings. The number of nitrogen functional groups attached to an aromatic ring is 1. The molecule has 0 bridgehead atoms. The maximum Gasteiger partial charge on any atom is 0.198 e. The molecule has 0 aliphatic heterocycles. The number of aryl methyl sites for hydroxylation is 1. The van der Waals surface area contributed by atoms with Crippen LogP contribution in [0.4, 0.5) is 14.5 Å². The van der Waals surface area contributed by atoms with Crippen LogP contribution in [-0.4, -0.2) is 34.0 Å². The van der Waals surface area contributed by atoms with Crippen LogP contribution >= 0.6 is 0 Å². The molecule has 34 heavy (non-hydrogen) atoms. The maximum absolute atomic E-state index is 14.5. The number of pyridine rings is 1. The zero-order valence-electron chi connectivity index (χ0n) is 19.8. The van der Waals surface area contributed by atoms with Gasteiger partial charge in [-0.05, 0) is 25.1 Å². The molecular weight excluding hydrogens is 456 g/mol. The third-order valence-corrected chi connectivity index (χ3v) is 7.17. The third-order valence-electron chi connectivity index (χ3n) is 5.47. The van der Waals surface area contributed by atoms with Crippen LogP contribution in [0, 0.1) is 11.6 Å². The summed E-state index contributed by atoms with van der Waals surface area (Å²) in [7, 11) is -1.23. The molecule has 0 unspecified atom stereocenters. The molecule has 0 spiro atoms. The molecule has 4 aromatic rings. The van der Waals surface area contributed by atoms with E-state index in [2.05, 4.69) is 29.7 Å². The van der Waals surface area contributed by atoms with Crippen LogP contribution in [0.5, 0.6) is 11.5 Å². The molecule has 180 valence electrons. The minimum absolute atomic E-state index is 0.0172. The fourth-order valence-corrected chi connectivity index (χ4v) is 4.46. The Kier molecular flexibility index (Phi) is 6.71. The standard InChI is InChI=1S/C24H29F2N5O2Si/c1-5-31-20(6-9-29-31)17-14-30(15-32-10-11-34(2,3)4)24-22(17)21(7-8-28-24)33-23-18(25)12-16(27)13-19(23)26/h6-9,12-14H,5,10-11,15,27H2,1-4H3. The fraction of sp³-hybridized carbons (Fsp3) is 0.333. The molecule has 0 saturated heterocycles. The van der Waals surface area contributed by atoms with Crippen LogP contribution in [-0.2, 0) is 18.0 Å². The van der Waals surface area contributed by atoms with E-state index in [9.17, 15) is 8.78 Å². The van der Waals surface area contributed by atoms with Crippen LogP contribution in [0.2, 0.25) is 25.7 Å². The van der Waals surface area contributed by atoms with Gasteiger partial charge in [-0.3, -0.25) is 4.68 Å². The number of nitrogens with zero attached hydrogens (tertiary/aromatic N) is 4. The van der Waals surface area contributed by atoms with Crippen LogP contribution in [0.3, 0.4) is 0 Å². The van der Waals surface area contributed by atoms with E-state index in [0.717, 1.165) is 29.4 Å². The Balaban J connectivity index is 1.79. The van der Waals surface area contributed by atoms with Crippen LogP contribution < -0.4 is 10.5 Å². The van der Waals surface area contributed by atoms with Crippen LogP contribution in [0.15, 0.2) is 42.9 Å². The average molecular weight is 486 g/mol. The lowest BCUT2D eigenvalue weighted by molar-refractivity contribution is 0.0899. The van der Waals surface area contributed by atoms with Crippen molar-refractivity contribution >= 4 is 24.8 Å². The van der Waals surface area contributed by atoms with Gasteiger partial charge in [-0.2, -0.15) is 5.10 Å². The third kappa shape index (κ3) is 4.97. The highest BCUT2D eigenvalue weighted by Gasteiger charge is 2.21. The summed E-state index contributed by atoms with van der Waals surface area (Å²) in [6.07, 6.45) is 5.17. The Morgan fingerprint density at radius 3 is 2.50 bits per heavy atom. The zero-order valence-corrected chi connectivity index (χ0v) is 20.8. The molecular formula is C24H29F2N5O2Si. The molecule has 0 radical (unpaired) electrons. The van der Waals surface area contributed by atoms with Gasteiger partial charge in [0.15, 0.2) is 17.4 Å². The lowest BCUT2D eigenvalue weighted by Crippen LogP contribution is -2.22. The Labute approximate surface area is 198 Å². The van der Waals surface area contributed by atoms with E-state index in [1.165, 1.54) is 0 Å². The highest BCUT2D eigenvalue weighted by atomic mass is 28.3. The van der Waals surface area contributed by atoms with Gasteiger partial charge in [-0.1, -0.05) is 19.6 Å². The monoisotopic (exact) mass is 485 g/mol. The summed E-state index contributed by atoms with van der Waals surface area (Å²) in [5.74, 6) is -2.00. The number of hydrogen-bond donors (Lipinski definition) is 1. The van der Waals surface area contributed by atoms with Gasteiger partial charge in [-0.25, -0.2) is 13.8 Å². The van der Waals surface area contributed by atoms with Gasteiger partial charge < -0.3 is 19.8 Å². The molecule has 4 rings (SSSR count). The van der Waals surface area contributed by atoms with Crippen molar-refractivity contribution in [1.82, 2.24) is 19.3 Å². The second kappa shape index (κ2) is 9.55. The van der Waals surface area contributed by atoms with Crippen LogP contribution in [0.1, 0.15) is 6.92 Å². The van der Waals surface area contributed by atoms with Gasteiger partial charge in [-0.15, -0.1) is 0 Å². The van der Waals surface area contributed by atoms with Gasteiger partial charge in [0, 0.05) is 63.2 Å². The summed E-state index contributed by atoms with van der Waals surface area (Å²) in [5.41, 5.74) is 7.73. The Morgan fingerprint density at radius 2 is 1.82 bits per heavy atom. The van der Waals surface area contributed by atoms with Crippen molar-refractivity contribution < 1.29 is 18.3 Å². The van der Waals surface area contributed by atoms with E-state index < -0.39 is 25.5 Å². The van der Waals surface area contributed by atoms with Gasteiger partial charge in [0.25, 0.3) is 0 Å².